The summed E-state index contributed by atoms with van der Waals surface area (Å²) in [5, 5.41) is 7.05. The summed E-state index contributed by atoms with van der Waals surface area (Å²) in [6.45, 7) is 4.60. The Morgan fingerprint density at radius 1 is 1.35 bits per heavy atom. The average molecular weight is 558 g/mol. The fourth-order valence-corrected chi connectivity index (χ4v) is 4.96. The average Bonchev–Trinajstić information content (AvgIpc) is 3.25. The van der Waals surface area contributed by atoms with Gasteiger partial charge in [0.25, 0.3) is 5.91 Å². The Labute approximate surface area is 233 Å². The number of fused-ring (bicyclic) bond motifs is 1. The molecule has 0 saturated heterocycles. The first-order chi connectivity index (χ1) is 19.0. The summed E-state index contributed by atoms with van der Waals surface area (Å²) in [5.74, 6) is 1.84. The Kier molecular flexibility index (Phi) is 9.32. The quantitative estimate of drug-likeness (QED) is 0.282. The number of hydrogen-bond acceptors (Lipinski definition) is 5. The molecule has 4 rings (SSSR count). The van der Waals surface area contributed by atoms with Crippen molar-refractivity contribution in [2.24, 2.45) is 16.8 Å². The van der Waals surface area contributed by atoms with E-state index in [9.17, 15) is 18.0 Å². The lowest BCUT2D eigenvalue weighted by atomic mass is 10.1. The summed E-state index contributed by atoms with van der Waals surface area (Å²) in [5.41, 5.74) is 6.80. The number of aryl methyl sites for hydroxylation is 1. The highest BCUT2D eigenvalue weighted by molar-refractivity contribution is 5.94. The van der Waals surface area contributed by atoms with Crippen LogP contribution in [0.5, 0.6) is 0 Å². The van der Waals surface area contributed by atoms with Crippen LogP contribution in [0.1, 0.15) is 73.6 Å². The lowest BCUT2D eigenvalue weighted by Gasteiger charge is -2.20. The number of carbonyl (C=O) groups is 1. The molecule has 0 bridgehead atoms. The fraction of sp³-hybridized carbons (Fsp3) is 0.517. The molecule has 0 aliphatic heterocycles. The van der Waals surface area contributed by atoms with Crippen LogP contribution in [0, 0.1) is 11.8 Å². The van der Waals surface area contributed by atoms with Crippen LogP contribution in [0.2, 0.25) is 0 Å². The van der Waals surface area contributed by atoms with E-state index in [1.165, 1.54) is 23.5 Å². The second kappa shape index (κ2) is 12.7. The van der Waals surface area contributed by atoms with E-state index in [-0.39, 0.29) is 29.9 Å². The van der Waals surface area contributed by atoms with Crippen molar-refractivity contribution in [1.82, 2.24) is 25.0 Å². The second-order valence-corrected chi connectivity index (χ2v) is 10.7. The zero-order valence-electron chi connectivity index (χ0n) is 23.3. The van der Waals surface area contributed by atoms with E-state index >= 15 is 0 Å². The van der Waals surface area contributed by atoms with Gasteiger partial charge in [-0.05, 0) is 74.1 Å². The number of anilines is 1. The Morgan fingerprint density at radius 2 is 2.12 bits per heavy atom. The minimum absolute atomic E-state index is 0.185. The first kappa shape index (κ1) is 29.4. The molecule has 1 amide bonds. The SMILES string of the molecule is CC\C=C/C(=N\C(=C\Cn1cc(C(=O)N[C@@H]2CCc3nc(N)ccc32)cn1)C(F)(F)F)N(C)CCCC1CC1C. The summed E-state index contributed by atoms with van der Waals surface area (Å²) >= 11 is 0. The normalized spacial score (nSPS) is 21.1. The van der Waals surface area contributed by atoms with E-state index in [1.54, 1.807) is 30.2 Å². The first-order valence-electron chi connectivity index (χ1n) is 13.9. The molecule has 0 spiro atoms. The van der Waals surface area contributed by atoms with Crippen LogP contribution >= 0.6 is 0 Å². The van der Waals surface area contributed by atoms with Crippen LogP contribution in [-0.4, -0.2) is 51.2 Å². The highest BCUT2D eigenvalue weighted by atomic mass is 19.4. The first-order valence-corrected chi connectivity index (χ1v) is 13.9. The summed E-state index contributed by atoms with van der Waals surface area (Å²) < 4.78 is 43.2. The number of rotatable bonds is 11. The molecule has 3 atom stereocenters. The van der Waals surface area contributed by atoms with Gasteiger partial charge in [-0.3, -0.25) is 9.48 Å². The van der Waals surface area contributed by atoms with Gasteiger partial charge in [-0.1, -0.05) is 26.0 Å². The molecule has 8 nitrogen and oxygen atoms in total. The highest BCUT2D eigenvalue weighted by Crippen LogP contribution is 2.41. The molecule has 11 heteroatoms. The molecule has 0 radical (unpaired) electrons. The molecule has 1 fully saturated rings. The number of amides is 1. The number of halogens is 3. The van der Waals surface area contributed by atoms with Gasteiger partial charge in [-0.15, -0.1) is 0 Å². The number of alkyl halides is 3. The standard InChI is InChI=1S/C29H38F3N7O/c1-4-5-8-27(38(3)14-6-7-20-16-19(20)2)37-25(29(30,31)32)13-15-39-18-21(17-34-39)28(40)36-24-11-10-23-22(24)9-12-26(33)35-23/h5,8-9,12-13,17-20,24H,4,6-7,10-11,14-16H2,1-3H3,(H2,33,35)(H,36,40)/b8-5-,25-13+,37-27+/t19?,20?,24-/m1/s1. The van der Waals surface area contributed by atoms with Gasteiger partial charge in [0.05, 0.1) is 24.3 Å². The van der Waals surface area contributed by atoms with E-state index in [4.69, 9.17) is 5.73 Å². The molecule has 40 heavy (non-hydrogen) atoms. The monoisotopic (exact) mass is 557 g/mol. The zero-order chi connectivity index (χ0) is 28.9. The largest absolute Gasteiger partial charge is 0.433 e. The van der Waals surface area contributed by atoms with Crippen molar-refractivity contribution in [1.29, 1.82) is 0 Å². The minimum Gasteiger partial charge on any atom is -0.384 e. The predicted octanol–water partition coefficient (Wildman–Crippen LogP) is 5.46. The predicted molar refractivity (Wildman–Crippen MR) is 150 cm³/mol. The van der Waals surface area contributed by atoms with Crippen molar-refractivity contribution >= 4 is 17.6 Å². The third-order valence-electron chi connectivity index (χ3n) is 7.51. The molecule has 2 aromatic heterocycles. The molecule has 216 valence electrons. The van der Waals surface area contributed by atoms with E-state index in [0.717, 1.165) is 42.0 Å². The number of pyridine rings is 1. The molecule has 1 saturated carbocycles. The number of amidine groups is 1. The smallest absolute Gasteiger partial charge is 0.384 e. The molecular formula is C29H38F3N7O. The number of aromatic nitrogens is 3. The van der Waals surface area contributed by atoms with E-state index < -0.39 is 11.9 Å². The summed E-state index contributed by atoms with van der Waals surface area (Å²) in [6, 6.07) is 3.35. The third-order valence-corrected chi connectivity index (χ3v) is 7.51. The second-order valence-electron chi connectivity index (χ2n) is 10.7. The van der Waals surface area contributed by atoms with Crippen LogP contribution < -0.4 is 11.1 Å². The lowest BCUT2D eigenvalue weighted by Crippen LogP contribution is -2.27. The number of aliphatic imine (C=N–C) groups is 1. The molecule has 3 N–H and O–H groups in total. The van der Waals surface area contributed by atoms with Crippen LogP contribution in [0.15, 0.2) is 53.4 Å². The maximum atomic E-state index is 14.0. The number of carbonyl (C=O) groups excluding carboxylic acids is 1. The topological polar surface area (TPSA) is 101 Å². The maximum absolute atomic E-state index is 14.0. The number of nitrogens with zero attached hydrogens (tertiary/aromatic N) is 5. The van der Waals surface area contributed by atoms with Gasteiger partial charge in [0, 0.05) is 25.5 Å². The lowest BCUT2D eigenvalue weighted by molar-refractivity contribution is -0.0927. The third kappa shape index (κ3) is 7.73. The Morgan fingerprint density at radius 3 is 2.83 bits per heavy atom. The molecule has 0 aromatic carbocycles. The fourth-order valence-electron chi connectivity index (χ4n) is 4.96. The molecule has 2 aromatic rings. The number of likely N-dealkylation sites (N-methyl/N-ethyl adjacent to an activating group) is 1. The summed E-state index contributed by atoms with van der Waals surface area (Å²) in [7, 11) is 1.77. The highest BCUT2D eigenvalue weighted by Gasteiger charge is 2.35. The Bertz CT molecular complexity index is 1280. The van der Waals surface area contributed by atoms with Gasteiger partial charge in [0.1, 0.15) is 17.4 Å². The van der Waals surface area contributed by atoms with Crippen molar-refractivity contribution in [2.75, 3.05) is 19.3 Å². The van der Waals surface area contributed by atoms with Gasteiger partial charge < -0.3 is 16.0 Å². The number of nitrogen functional groups attached to an aromatic ring is 1. The van der Waals surface area contributed by atoms with Crippen molar-refractivity contribution in [3.63, 3.8) is 0 Å². The van der Waals surface area contributed by atoms with Gasteiger partial charge in [0.2, 0.25) is 0 Å². The van der Waals surface area contributed by atoms with Crippen LogP contribution in [0.4, 0.5) is 19.0 Å². The zero-order valence-corrected chi connectivity index (χ0v) is 23.3. The van der Waals surface area contributed by atoms with Crippen molar-refractivity contribution in [3.8, 4) is 0 Å². The van der Waals surface area contributed by atoms with Gasteiger partial charge in [-0.25, -0.2) is 9.98 Å². The number of nitrogens with two attached hydrogens (primary N) is 1. The maximum Gasteiger partial charge on any atom is 0.433 e. The van der Waals surface area contributed by atoms with Gasteiger partial charge in [-0.2, -0.15) is 18.3 Å². The minimum atomic E-state index is -4.64. The summed E-state index contributed by atoms with van der Waals surface area (Å²) in [4.78, 5) is 22.9. The molecule has 2 aliphatic carbocycles. The van der Waals surface area contributed by atoms with E-state index in [2.05, 4.69) is 27.3 Å². The van der Waals surface area contributed by atoms with Crippen molar-refractivity contribution in [2.45, 2.75) is 71.1 Å². The van der Waals surface area contributed by atoms with Crippen molar-refractivity contribution < 1.29 is 18.0 Å². The van der Waals surface area contributed by atoms with Crippen molar-refractivity contribution in [3.05, 3.63) is 65.3 Å². The Hall–Kier alpha value is -3.63. The summed E-state index contributed by atoms with van der Waals surface area (Å²) in [6.07, 6.45) is 7.89. The number of hydrogen-bond donors (Lipinski definition) is 2. The van der Waals surface area contributed by atoms with Gasteiger partial charge in [0.15, 0.2) is 0 Å². The van der Waals surface area contributed by atoms with Crippen LogP contribution in [0.3, 0.4) is 0 Å². The van der Waals surface area contributed by atoms with E-state index in [0.29, 0.717) is 31.6 Å². The van der Waals surface area contributed by atoms with Crippen LogP contribution in [-0.2, 0) is 13.0 Å². The van der Waals surface area contributed by atoms with Crippen LogP contribution in [0.25, 0.3) is 0 Å². The van der Waals surface area contributed by atoms with Gasteiger partial charge >= 0.3 is 6.18 Å². The van der Waals surface area contributed by atoms with E-state index in [1.807, 2.05) is 13.0 Å². The number of nitrogens with one attached hydrogen (secondary N) is 1. The number of allylic oxidation sites excluding steroid dienone is 3. The molecule has 2 aliphatic rings. The molecule has 2 heterocycles. The Balaban J connectivity index is 1.43. The molecular weight excluding hydrogens is 519 g/mol. The molecule has 2 unspecified atom stereocenters.